The first-order chi connectivity index (χ1) is 18.0. The van der Waals surface area contributed by atoms with Gasteiger partial charge in [-0.15, -0.1) is 0 Å². The zero-order valence-electron chi connectivity index (χ0n) is 23.3. The molecule has 38 heavy (non-hydrogen) atoms. The second-order valence-electron chi connectivity index (χ2n) is 10.4. The van der Waals surface area contributed by atoms with E-state index < -0.39 is 17.8 Å². The van der Waals surface area contributed by atoms with Gasteiger partial charge in [0.1, 0.15) is 11.5 Å². The predicted octanol–water partition coefficient (Wildman–Crippen LogP) is 3.40. The van der Waals surface area contributed by atoms with Crippen LogP contribution in [0.3, 0.4) is 0 Å². The average molecular weight is 525 g/mol. The van der Waals surface area contributed by atoms with Gasteiger partial charge in [-0.05, 0) is 24.3 Å². The number of methoxy groups -OCH3 is 1. The van der Waals surface area contributed by atoms with Crippen molar-refractivity contribution in [2.45, 2.75) is 27.7 Å². The van der Waals surface area contributed by atoms with Crippen LogP contribution in [0.15, 0.2) is 35.7 Å². The number of nitrogens with zero attached hydrogens (tertiary/aromatic N) is 4. The molecular formula is C28H36N4O6. The maximum atomic E-state index is 14.2. The summed E-state index contributed by atoms with van der Waals surface area (Å²) >= 11 is 0. The molecule has 1 aromatic carbocycles. The van der Waals surface area contributed by atoms with Gasteiger partial charge in [0.05, 0.1) is 25.3 Å². The van der Waals surface area contributed by atoms with Gasteiger partial charge in [-0.25, -0.2) is 0 Å². The van der Waals surface area contributed by atoms with Crippen LogP contribution < -0.4 is 14.2 Å². The van der Waals surface area contributed by atoms with E-state index in [1.165, 1.54) is 4.90 Å². The summed E-state index contributed by atoms with van der Waals surface area (Å²) < 4.78 is 19.3. The predicted molar refractivity (Wildman–Crippen MR) is 142 cm³/mol. The molecule has 2 aromatic rings. The first kappa shape index (κ1) is 27.1. The van der Waals surface area contributed by atoms with Gasteiger partial charge in [-0.3, -0.25) is 19.0 Å². The topological polar surface area (TPSA) is 93.5 Å². The lowest BCUT2D eigenvalue weighted by Gasteiger charge is -2.39. The molecule has 2 aliphatic heterocycles. The smallest absolute Gasteiger partial charge is 0.313 e. The number of rotatable bonds is 6. The first-order valence-corrected chi connectivity index (χ1v) is 12.7. The number of likely N-dealkylation sites (N-methyl/N-ethyl adjacent to an activating group) is 1. The molecule has 4 rings (SSSR count). The number of hydrogen-bond donors (Lipinski definition) is 0. The van der Waals surface area contributed by atoms with Crippen molar-refractivity contribution in [3.8, 4) is 22.9 Å². The first-order valence-electron chi connectivity index (χ1n) is 12.7. The number of hydrogen-bond acceptors (Lipinski definition) is 7. The molecular weight excluding hydrogens is 488 g/mol. The second kappa shape index (κ2) is 10.4. The maximum Gasteiger partial charge on any atom is 0.313 e. The van der Waals surface area contributed by atoms with E-state index in [1.54, 1.807) is 68.8 Å². The summed E-state index contributed by atoms with van der Waals surface area (Å²) in [5.41, 5.74) is 1.57. The number of piperazine rings is 1. The fourth-order valence-corrected chi connectivity index (χ4v) is 4.52. The lowest BCUT2D eigenvalue weighted by molar-refractivity contribution is -0.137. The molecule has 2 bridgehead atoms. The van der Waals surface area contributed by atoms with Crippen LogP contribution >= 0.6 is 0 Å². The number of amides is 2. The van der Waals surface area contributed by atoms with Crippen molar-refractivity contribution < 1.29 is 28.6 Å². The Morgan fingerprint density at radius 1 is 1.05 bits per heavy atom. The van der Waals surface area contributed by atoms with Crippen molar-refractivity contribution in [3.63, 3.8) is 0 Å². The highest BCUT2D eigenvalue weighted by atomic mass is 16.6. The highest BCUT2D eigenvalue weighted by Gasteiger charge is 2.41. The van der Waals surface area contributed by atoms with Crippen molar-refractivity contribution >= 4 is 17.8 Å². The quantitative estimate of drug-likeness (QED) is 0.535. The van der Waals surface area contributed by atoms with Gasteiger partial charge in [0.2, 0.25) is 11.5 Å². The van der Waals surface area contributed by atoms with E-state index in [0.29, 0.717) is 36.8 Å². The average Bonchev–Trinajstić information content (AvgIpc) is 3.18. The minimum absolute atomic E-state index is 0.0339. The number of carbonyl (C=O) groups excluding carboxylic acids is 3. The van der Waals surface area contributed by atoms with Gasteiger partial charge in [0.15, 0.2) is 11.4 Å². The Labute approximate surface area is 223 Å². The summed E-state index contributed by atoms with van der Waals surface area (Å²) in [4.78, 5) is 46.0. The number of esters is 1. The van der Waals surface area contributed by atoms with E-state index in [9.17, 15) is 14.4 Å². The molecule has 1 saturated heterocycles. The molecule has 1 aromatic heterocycles. The third kappa shape index (κ3) is 4.70. The molecule has 0 saturated carbocycles. The zero-order valence-corrected chi connectivity index (χ0v) is 23.3. The molecule has 2 amide bonds. The van der Waals surface area contributed by atoms with Crippen LogP contribution in [-0.4, -0.2) is 84.9 Å². The van der Waals surface area contributed by atoms with Crippen molar-refractivity contribution in [2.75, 3.05) is 47.9 Å². The van der Waals surface area contributed by atoms with Gasteiger partial charge in [0, 0.05) is 45.8 Å². The fourth-order valence-electron chi connectivity index (χ4n) is 4.52. The van der Waals surface area contributed by atoms with Crippen LogP contribution in [0.2, 0.25) is 0 Å². The van der Waals surface area contributed by atoms with Crippen LogP contribution in [-0.2, 0) is 4.79 Å². The van der Waals surface area contributed by atoms with Crippen molar-refractivity contribution in [1.29, 1.82) is 0 Å². The fraction of sp³-hybridized carbons (Fsp3) is 0.464. The largest absolute Gasteiger partial charge is 0.497 e. The summed E-state index contributed by atoms with van der Waals surface area (Å²) in [5.74, 6) is -0.542. The Morgan fingerprint density at radius 3 is 2.26 bits per heavy atom. The molecule has 1 fully saturated rings. The Kier molecular flexibility index (Phi) is 7.44. The molecule has 10 heteroatoms. The van der Waals surface area contributed by atoms with Crippen molar-refractivity contribution in [2.24, 2.45) is 11.8 Å². The highest BCUT2D eigenvalue weighted by Crippen LogP contribution is 2.45. The van der Waals surface area contributed by atoms with E-state index in [2.05, 4.69) is 4.90 Å². The van der Waals surface area contributed by atoms with E-state index >= 15 is 0 Å². The Balaban J connectivity index is 2.12. The van der Waals surface area contributed by atoms with E-state index in [0.717, 1.165) is 5.70 Å². The monoisotopic (exact) mass is 524 g/mol. The standard InChI is InChI=1S/C28H36N4O6/c1-16(2)23-20-15-31(14-13-30(20)7)27(34)22-24(37-23)25(38-28(35)17(3)4)21(26(33)29(5)6)32(22)18-9-11-19(36-8)12-10-18/h9-12,16-17H,13-15H2,1-8H3. The zero-order chi connectivity index (χ0) is 27.9. The van der Waals surface area contributed by atoms with Gasteiger partial charge in [0.25, 0.3) is 11.8 Å². The van der Waals surface area contributed by atoms with E-state index in [-0.39, 0.29) is 34.7 Å². The molecule has 0 atom stereocenters. The maximum absolute atomic E-state index is 14.2. The van der Waals surface area contributed by atoms with Crippen molar-refractivity contribution in [3.05, 3.63) is 47.1 Å². The summed E-state index contributed by atoms with van der Waals surface area (Å²) in [5, 5.41) is 0. The molecule has 0 N–H and O–H groups in total. The summed E-state index contributed by atoms with van der Waals surface area (Å²) in [6.45, 7) is 8.92. The van der Waals surface area contributed by atoms with Gasteiger partial charge >= 0.3 is 5.97 Å². The van der Waals surface area contributed by atoms with E-state index in [4.69, 9.17) is 14.2 Å². The minimum Gasteiger partial charge on any atom is -0.497 e. The van der Waals surface area contributed by atoms with Gasteiger partial charge < -0.3 is 28.9 Å². The molecule has 3 heterocycles. The normalized spacial score (nSPS) is 15.3. The highest BCUT2D eigenvalue weighted by molar-refractivity contribution is 6.05. The van der Waals surface area contributed by atoms with Gasteiger partial charge in [-0.2, -0.15) is 0 Å². The lowest BCUT2D eigenvalue weighted by Crippen LogP contribution is -2.48. The number of benzene rings is 1. The van der Waals surface area contributed by atoms with Crippen LogP contribution in [0.5, 0.6) is 17.2 Å². The molecule has 0 spiro atoms. The van der Waals surface area contributed by atoms with Crippen LogP contribution in [0, 0.1) is 11.8 Å². The van der Waals surface area contributed by atoms with Crippen LogP contribution in [0.4, 0.5) is 0 Å². The minimum atomic E-state index is -0.540. The number of aromatic nitrogens is 1. The Bertz CT molecular complexity index is 1290. The number of allylic oxidation sites excluding steroid dienone is 1. The lowest BCUT2D eigenvalue weighted by atomic mass is 10.1. The van der Waals surface area contributed by atoms with Crippen molar-refractivity contribution in [1.82, 2.24) is 19.3 Å². The summed E-state index contributed by atoms with van der Waals surface area (Å²) in [6.07, 6.45) is 0. The number of carbonyl (C=O) groups is 3. The van der Waals surface area contributed by atoms with Crippen LogP contribution in [0.25, 0.3) is 5.69 Å². The SMILES string of the molecule is COc1ccc(-n2c(C(=O)N(C)C)c(OC(=O)C(C)C)c3c2C(=O)N2CCN(C)C(=C(C(C)C)O3)C2)cc1. The molecule has 0 radical (unpaired) electrons. The molecule has 0 aliphatic carbocycles. The molecule has 10 nitrogen and oxygen atoms in total. The number of fused-ring (bicyclic) bond motifs is 3. The van der Waals surface area contributed by atoms with Gasteiger partial charge in [-0.1, -0.05) is 27.7 Å². The molecule has 0 unspecified atom stereocenters. The summed E-state index contributed by atoms with van der Waals surface area (Å²) in [6, 6.07) is 6.99. The van der Waals surface area contributed by atoms with E-state index in [1.807, 2.05) is 20.9 Å². The second-order valence-corrected chi connectivity index (χ2v) is 10.4. The Morgan fingerprint density at radius 2 is 1.71 bits per heavy atom. The Hall–Kier alpha value is -3.95. The third-order valence-corrected chi connectivity index (χ3v) is 6.71. The molecule has 204 valence electrons. The van der Waals surface area contributed by atoms with Crippen LogP contribution in [0.1, 0.15) is 48.7 Å². The third-order valence-electron chi connectivity index (χ3n) is 6.71. The molecule has 2 aliphatic rings. The number of ether oxygens (including phenoxy) is 3. The summed E-state index contributed by atoms with van der Waals surface area (Å²) in [7, 11) is 6.74.